The molecular weight excluding hydrogens is 447 g/mol. The number of aliphatic imine (C=N–C) groups is 1. The van der Waals surface area contributed by atoms with Gasteiger partial charge in [0.2, 0.25) is 0 Å². The summed E-state index contributed by atoms with van der Waals surface area (Å²) in [7, 11) is 0. The molecule has 0 aliphatic heterocycles. The number of carbonyl (C=O) groups excluding carboxylic acids is 1. The van der Waals surface area contributed by atoms with Crippen LogP contribution >= 0.6 is 23.2 Å². The lowest BCUT2D eigenvalue weighted by molar-refractivity contribution is -0.385. The first-order chi connectivity index (χ1) is 14.8. The highest BCUT2D eigenvalue weighted by Gasteiger charge is 2.20. The fraction of sp³-hybridized carbons (Fsp3) is 0. The van der Waals surface area contributed by atoms with Gasteiger partial charge in [0.1, 0.15) is 6.34 Å². The smallest absolute Gasteiger partial charge is 0.268 e. The quantitative estimate of drug-likeness (QED) is 0.199. The maximum atomic E-state index is 13.2. The van der Waals surface area contributed by atoms with Gasteiger partial charge in [-0.05, 0) is 42.5 Å². The Hall–Kier alpha value is -3.82. The molecule has 31 heavy (non-hydrogen) atoms. The summed E-state index contributed by atoms with van der Waals surface area (Å²) in [5.74, 6) is -0.577. The van der Waals surface area contributed by atoms with E-state index in [0.29, 0.717) is 10.7 Å². The summed E-state index contributed by atoms with van der Waals surface area (Å²) in [4.78, 5) is 39.1. The van der Waals surface area contributed by atoms with Crippen LogP contribution in [0.3, 0.4) is 0 Å². The van der Waals surface area contributed by atoms with Crippen LogP contribution in [0.15, 0.2) is 71.7 Å². The number of non-ortho nitro benzene ring substituents is 2. The van der Waals surface area contributed by atoms with Gasteiger partial charge >= 0.3 is 0 Å². The Kier molecular flexibility index (Phi) is 6.58. The molecule has 0 fully saturated rings. The van der Waals surface area contributed by atoms with E-state index in [2.05, 4.69) is 4.99 Å². The van der Waals surface area contributed by atoms with Crippen molar-refractivity contribution >= 4 is 58.2 Å². The Bertz CT molecular complexity index is 1180. The van der Waals surface area contributed by atoms with Crippen molar-refractivity contribution in [1.29, 1.82) is 0 Å². The Morgan fingerprint density at radius 3 is 1.97 bits per heavy atom. The summed E-state index contributed by atoms with van der Waals surface area (Å²) < 4.78 is 0. The van der Waals surface area contributed by atoms with Crippen molar-refractivity contribution in [3.63, 3.8) is 0 Å². The number of amides is 1. The van der Waals surface area contributed by atoms with E-state index in [-0.39, 0.29) is 27.6 Å². The lowest BCUT2D eigenvalue weighted by atomic mass is 10.2. The second-order valence-electron chi connectivity index (χ2n) is 6.09. The number of nitro groups is 2. The molecule has 9 nitrogen and oxygen atoms in total. The Morgan fingerprint density at radius 1 is 0.871 bits per heavy atom. The number of anilines is 1. The zero-order valence-corrected chi connectivity index (χ0v) is 17.0. The molecule has 0 aliphatic rings. The highest BCUT2D eigenvalue weighted by atomic mass is 35.5. The Labute approximate surface area is 185 Å². The molecule has 3 aromatic rings. The minimum Gasteiger partial charge on any atom is -0.268 e. The average Bonchev–Trinajstić information content (AvgIpc) is 2.76. The van der Waals surface area contributed by atoms with Gasteiger partial charge in [-0.15, -0.1) is 0 Å². The van der Waals surface area contributed by atoms with Gasteiger partial charge in [0.15, 0.2) is 0 Å². The standard InChI is InChI=1S/C20H12Cl2N4O5/c21-13-1-10-19(22)18(11-13)20(27)24(15-6-8-17(9-7-15)26(30)31)12-23-14-2-4-16(5-3-14)25(28)29/h1-12H. The lowest BCUT2D eigenvalue weighted by Crippen LogP contribution is -2.29. The third kappa shape index (κ3) is 5.21. The molecule has 1 amide bonds. The minimum atomic E-state index is -0.577. The molecule has 0 heterocycles. The zero-order valence-electron chi connectivity index (χ0n) is 15.5. The van der Waals surface area contributed by atoms with E-state index < -0.39 is 15.8 Å². The van der Waals surface area contributed by atoms with Crippen molar-refractivity contribution in [2.24, 2.45) is 4.99 Å². The molecule has 11 heteroatoms. The zero-order chi connectivity index (χ0) is 22.5. The summed E-state index contributed by atoms with van der Waals surface area (Å²) in [6, 6.07) is 15.0. The fourth-order valence-corrected chi connectivity index (χ4v) is 2.92. The second kappa shape index (κ2) is 9.33. The molecular formula is C20H12Cl2N4O5. The number of halogens is 2. The van der Waals surface area contributed by atoms with Crippen molar-refractivity contribution in [2.45, 2.75) is 0 Å². The van der Waals surface area contributed by atoms with Crippen molar-refractivity contribution in [2.75, 3.05) is 4.90 Å². The summed E-state index contributed by atoms with van der Waals surface area (Å²) in [5, 5.41) is 22.2. The van der Waals surface area contributed by atoms with Crippen molar-refractivity contribution in [1.82, 2.24) is 0 Å². The van der Waals surface area contributed by atoms with Crippen LogP contribution in [-0.4, -0.2) is 22.1 Å². The van der Waals surface area contributed by atoms with Gasteiger partial charge in [-0.3, -0.25) is 29.9 Å². The number of nitrogens with zero attached hydrogens (tertiary/aromatic N) is 4. The summed E-state index contributed by atoms with van der Waals surface area (Å²) in [5.41, 5.74) is 0.486. The predicted octanol–water partition coefficient (Wildman–Crippen LogP) is 5.82. The van der Waals surface area contributed by atoms with Crippen molar-refractivity contribution in [3.8, 4) is 0 Å². The molecule has 3 rings (SSSR count). The van der Waals surface area contributed by atoms with Crippen LogP contribution in [-0.2, 0) is 0 Å². The summed E-state index contributed by atoms with van der Waals surface area (Å²) in [6.45, 7) is 0. The van der Waals surface area contributed by atoms with Gasteiger partial charge in [0.25, 0.3) is 17.3 Å². The number of nitro benzene ring substituents is 2. The molecule has 0 spiro atoms. The maximum Gasteiger partial charge on any atom is 0.269 e. The highest BCUT2D eigenvalue weighted by molar-refractivity contribution is 6.37. The first-order valence-electron chi connectivity index (χ1n) is 8.58. The molecule has 0 aliphatic carbocycles. The molecule has 0 saturated carbocycles. The third-order valence-corrected chi connectivity index (χ3v) is 4.66. The van der Waals surface area contributed by atoms with Crippen LogP contribution in [0.1, 0.15) is 10.4 Å². The fourth-order valence-electron chi connectivity index (χ4n) is 2.55. The van der Waals surface area contributed by atoms with Crippen molar-refractivity contribution in [3.05, 3.63) is 103 Å². The SMILES string of the molecule is O=C(c1cc(Cl)ccc1Cl)N(C=Nc1ccc([N+](=O)[O-])cc1)c1ccc([N+](=O)[O-])cc1. The van der Waals surface area contributed by atoms with E-state index in [1.807, 2.05) is 0 Å². The van der Waals surface area contributed by atoms with Gasteiger partial charge in [0, 0.05) is 29.3 Å². The topological polar surface area (TPSA) is 119 Å². The van der Waals surface area contributed by atoms with Gasteiger partial charge < -0.3 is 0 Å². The number of benzene rings is 3. The molecule has 0 radical (unpaired) electrons. The normalized spacial score (nSPS) is 10.8. The minimum absolute atomic E-state index is 0.0997. The van der Waals surface area contributed by atoms with Crippen LogP contribution in [0.2, 0.25) is 10.0 Å². The molecule has 156 valence electrons. The Morgan fingerprint density at radius 2 is 1.42 bits per heavy atom. The highest BCUT2D eigenvalue weighted by Crippen LogP contribution is 2.26. The van der Waals surface area contributed by atoms with E-state index in [0.717, 1.165) is 4.90 Å². The van der Waals surface area contributed by atoms with Gasteiger partial charge in [0.05, 0.1) is 31.8 Å². The van der Waals surface area contributed by atoms with E-state index in [4.69, 9.17) is 23.2 Å². The number of carbonyl (C=O) groups is 1. The summed E-state index contributed by atoms with van der Waals surface area (Å²) in [6.07, 6.45) is 1.20. The molecule has 0 saturated heterocycles. The summed E-state index contributed by atoms with van der Waals surface area (Å²) >= 11 is 12.1. The lowest BCUT2D eigenvalue weighted by Gasteiger charge is -2.18. The molecule has 0 aromatic heterocycles. The second-order valence-corrected chi connectivity index (χ2v) is 6.93. The van der Waals surface area contributed by atoms with Crippen molar-refractivity contribution < 1.29 is 14.6 Å². The molecule has 0 N–H and O–H groups in total. The maximum absolute atomic E-state index is 13.2. The van der Waals surface area contributed by atoms with Crippen LogP contribution in [0.25, 0.3) is 0 Å². The van der Waals surface area contributed by atoms with Crippen LogP contribution < -0.4 is 4.90 Å². The molecule has 3 aromatic carbocycles. The monoisotopic (exact) mass is 458 g/mol. The first kappa shape index (κ1) is 21.9. The number of hydrogen-bond acceptors (Lipinski definition) is 6. The largest absolute Gasteiger partial charge is 0.269 e. The van der Waals surface area contributed by atoms with E-state index in [1.165, 1.54) is 73.1 Å². The average molecular weight is 459 g/mol. The van der Waals surface area contributed by atoms with E-state index in [9.17, 15) is 25.0 Å². The third-order valence-electron chi connectivity index (χ3n) is 4.10. The molecule has 0 atom stereocenters. The Balaban J connectivity index is 2.01. The van der Waals surface area contributed by atoms with Gasteiger partial charge in [-0.1, -0.05) is 23.2 Å². The van der Waals surface area contributed by atoms with Gasteiger partial charge in [-0.2, -0.15) is 0 Å². The van der Waals surface area contributed by atoms with Crippen LogP contribution in [0.4, 0.5) is 22.7 Å². The van der Waals surface area contributed by atoms with Crippen LogP contribution in [0, 0.1) is 20.2 Å². The van der Waals surface area contributed by atoms with Gasteiger partial charge in [-0.25, -0.2) is 4.99 Å². The van der Waals surface area contributed by atoms with E-state index in [1.54, 1.807) is 0 Å². The number of hydrogen-bond donors (Lipinski definition) is 0. The predicted molar refractivity (Wildman–Crippen MR) is 118 cm³/mol. The first-order valence-corrected chi connectivity index (χ1v) is 9.33. The van der Waals surface area contributed by atoms with E-state index >= 15 is 0 Å². The molecule has 0 unspecified atom stereocenters. The van der Waals surface area contributed by atoms with Crippen LogP contribution in [0.5, 0.6) is 0 Å². The molecule has 0 bridgehead atoms. The number of rotatable bonds is 6.